The SMILES string of the molecule is COCc1c(COCC2CO2)cnc(C)c1OCC1CO1. The van der Waals surface area contributed by atoms with Crippen molar-refractivity contribution >= 4 is 0 Å². The third-order valence-electron chi connectivity index (χ3n) is 3.47. The Kier molecular flexibility index (Phi) is 4.70. The zero-order valence-electron chi connectivity index (χ0n) is 12.5. The summed E-state index contributed by atoms with van der Waals surface area (Å²) in [7, 11) is 1.67. The molecule has 6 heteroatoms. The maximum absolute atomic E-state index is 5.88. The predicted molar refractivity (Wildman–Crippen MR) is 74.3 cm³/mol. The Labute approximate surface area is 124 Å². The van der Waals surface area contributed by atoms with E-state index >= 15 is 0 Å². The van der Waals surface area contributed by atoms with Crippen LogP contribution >= 0.6 is 0 Å². The maximum Gasteiger partial charge on any atom is 0.146 e. The van der Waals surface area contributed by atoms with E-state index in [1.54, 1.807) is 7.11 Å². The van der Waals surface area contributed by atoms with E-state index in [1.807, 2.05) is 13.1 Å². The van der Waals surface area contributed by atoms with Crippen molar-refractivity contribution in [3.63, 3.8) is 0 Å². The van der Waals surface area contributed by atoms with Crippen molar-refractivity contribution in [3.05, 3.63) is 23.0 Å². The van der Waals surface area contributed by atoms with Crippen molar-refractivity contribution in [2.24, 2.45) is 0 Å². The first-order chi connectivity index (χ1) is 10.3. The van der Waals surface area contributed by atoms with Gasteiger partial charge in [0.15, 0.2) is 0 Å². The molecule has 0 N–H and O–H groups in total. The lowest BCUT2D eigenvalue weighted by Crippen LogP contribution is -2.11. The molecule has 0 amide bonds. The molecular weight excluding hydrogens is 274 g/mol. The zero-order valence-corrected chi connectivity index (χ0v) is 12.5. The van der Waals surface area contributed by atoms with Gasteiger partial charge >= 0.3 is 0 Å². The summed E-state index contributed by atoms with van der Waals surface area (Å²) in [6.07, 6.45) is 2.31. The molecule has 2 fully saturated rings. The third-order valence-corrected chi connectivity index (χ3v) is 3.47. The third kappa shape index (κ3) is 4.14. The fourth-order valence-corrected chi connectivity index (χ4v) is 2.10. The summed E-state index contributed by atoms with van der Waals surface area (Å²) >= 11 is 0. The minimum Gasteiger partial charge on any atom is -0.488 e. The summed E-state index contributed by atoms with van der Waals surface area (Å²) in [6, 6.07) is 0. The van der Waals surface area contributed by atoms with E-state index in [9.17, 15) is 0 Å². The van der Waals surface area contributed by atoms with E-state index in [0.717, 1.165) is 35.8 Å². The number of hydrogen-bond donors (Lipinski definition) is 0. The van der Waals surface area contributed by atoms with Crippen LogP contribution in [0.3, 0.4) is 0 Å². The molecule has 1 aromatic heterocycles. The second-order valence-electron chi connectivity index (χ2n) is 5.35. The molecule has 2 atom stereocenters. The monoisotopic (exact) mass is 295 g/mol. The Morgan fingerprint density at radius 3 is 2.57 bits per heavy atom. The molecule has 3 rings (SSSR count). The standard InChI is InChI=1S/C15H21NO5/c1-10-15(21-8-13-7-20-13)14(9-17-2)11(3-16-10)4-18-5-12-6-19-12/h3,12-13H,4-9H2,1-2H3. The average molecular weight is 295 g/mol. The number of nitrogens with zero attached hydrogens (tertiary/aromatic N) is 1. The van der Waals surface area contributed by atoms with E-state index in [0.29, 0.717) is 26.4 Å². The Morgan fingerprint density at radius 2 is 1.90 bits per heavy atom. The quantitative estimate of drug-likeness (QED) is 0.638. The van der Waals surface area contributed by atoms with Crippen LogP contribution in [0, 0.1) is 6.92 Å². The summed E-state index contributed by atoms with van der Waals surface area (Å²) in [5.41, 5.74) is 2.86. The highest BCUT2D eigenvalue weighted by molar-refractivity contribution is 5.41. The number of hydrogen-bond acceptors (Lipinski definition) is 6. The number of ether oxygens (including phenoxy) is 5. The maximum atomic E-state index is 5.88. The van der Waals surface area contributed by atoms with Gasteiger partial charge in [0.25, 0.3) is 0 Å². The number of aromatic nitrogens is 1. The zero-order chi connectivity index (χ0) is 14.7. The van der Waals surface area contributed by atoms with E-state index in [-0.39, 0.29) is 12.2 Å². The molecular formula is C15H21NO5. The van der Waals surface area contributed by atoms with Crippen molar-refractivity contribution in [2.75, 3.05) is 33.5 Å². The number of epoxide rings is 2. The van der Waals surface area contributed by atoms with Crippen LogP contribution in [0.25, 0.3) is 0 Å². The summed E-state index contributed by atoms with van der Waals surface area (Å²) in [4.78, 5) is 4.40. The van der Waals surface area contributed by atoms with Crippen LogP contribution in [0.15, 0.2) is 6.20 Å². The first-order valence-electron chi connectivity index (χ1n) is 7.18. The van der Waals surface area contributed by atoms with Gasteiger partial charge in [0.1, 0.15) is 24.6 Å². The van der Waals surface area contributed by atoms with Gasteiger partial charge in [0, 0.05) is 24.4 Å². The van der Waals surface area contributed by atoms with Crippen LogP contribution in [0.1, 0.15) is 16.8 Å². The molecule has 0 saturated carbocycles. The van der Waals surface area contributed by atoms with Gasteiger partial charge in [0.05, 0.1) is 38.7 Å². The van der Waals surface area contributed by atoms with Gasteiger partial charge in [-0.3, -0.25) is 4.98 Å². The average Bonchev–Trinajstić information content (AvgIpc) is 3.35. The minimum absolute atomic E-state index is 0.215. The second-order valence-corrected chi connectivity index (χ2v) is 5.35. The van der Waals surface area contributed by atoms with Gasteiger partial charge in [-0.15, -0.1) is 0 Å². The van der Waals surface area contributed by atoms with Gasteiger partial charge in [0.2, 0.25) is 0 Å². The van der Waals surface area contributed by atoms with Crippen molar-refractivity contribution in [2.45, 2.75) is 32.3 Å². The van der Waals surface area contributed by atoms with E-state index in [1.165, 1.54) is 0 Å². The van der Waals surface area contributed by atoms with Crippen LogP contribution in [-0.4, -0.2) is 50.7 Å². The minimum atomic E-state index is 0.215. The Morgan fingerprint density at radius 1 is 1.19 bits per heavy atom. The van der Waals surface area contributed by atoms with Crippen molar-refractivity contribution in [3.8, 4) is 5.75 Å². The molecule has 0 radical (unpaired) electrons. The van der Waals surface area contributed by atoms with Gasteiger partial charge in [-0.25, -0.2) is 0 Å². The molecule has 0 aliphatic carbocycles. The summed E-state index contributed by atoms with van der Waals surface area (Å²) < 4.78 is 27.2. The first-order valence-corrected chi connectivity index (χ1v) is 7.18. The Bertz CT molecular complexity index is 485. The Hall–Kier alpha value is -1.21. The van der Waals surface area contributed by atoms with E-state index < -0.39 is 0 Å². The topological polar surface area (TPSA) is 65.6 Å². The number of aryl methyl sites for hydroxylation is 1. The van der Waals surface area contributed by atoms with Crippen molar-refractivity contribution < 1.29 is 23.7 Å². The largest absolute Gasteiger partial charge is 0.488 e. The molecule has 3 heterocycles. The summed E-state index contributed by atoms with van der Waals surface area (Å²) in [5, 5.41) is 0. The lowest BCUT2D eigenvalue weighted by atomic mass is 10.1. The van der Waals surface area contributed by atoms with Crippen LogP contribution in [-0.2, 0) is 32.2 Å². The van der Waals surface area contributed by atoms with Crippen LogP contribution in [0.5, 0.6) is 5.75 Å². The molecule has 2 aliphatic rings. The van der Waals surface area contributed by atoms with E-state index in [2.05, 4.69) is 4.98 Å². The molecule has 2 aliphatic heterocycles. The van der Waals surface area contributed by atoms with Gasteiger partial charge in [-0.2, -0.15) is 0 Å². The molecule has 1 aromatic rings. The molecule has 2 unspecified atom stereocenters. The number of rotatable bonds is 9. The Balaban J connectivity index is 1.70. The summed E-state index contributed by atoms with van der Waals surface area (Å²) in [6.45, 7) is 5.64. The lowest BCUT2D eigenvalue weighted by molar-refractivity contribution is 0.101. The highest BCUT2D eigenvalue weighted by Gasteiger charge is 2.25. The number of pyridine rings is 1. The second kappa shape index (κ2) is 6.70. The highest BCUT2D eigenvalue weighted by Crippen LogP contribution is 2.28. The van der Waals surface area contributed by atoms with Gasteiger partial charge in [-0.05, 0) is 6.92 Å². The van der Waals surface area contributed by atoms with Crippen LogP contribution in [0.2, 0.25) is 0 Å². The molecule has 0 aromatic carbocycles. The van der Waals surface area contributed by atoms with Crippen LogP contribution < -0.4 is 4.74 Å². The van der Waals surface area contributed by atoms with Gasteiger partial charge < -0.3 is 23.7 Å². The number of methoxy groups -OCH3 is 1. The molecule has 0 spiro atoms. The van der Waals surface area contributed by atoms with Crippen molar-refractivity contribution in [1.29, 1.82) is 0 Å². The lowest BCUT2D eigenvalue weighted by Gasteiger charge is -2.16. The van der Waals surface area contributed by atoms with Crippen molar-refractivity contribution in [1.82, 2.24) is 4.98 Å². The fourth-order valence-electron chi connectivity index (χ4n) is 2.10. The molecule has 116 valence electrons. The van der Waals surface area contributed by atoms with Gasteiger partial charge in [-0.1, -0.05) is 0 Å². The smallest absolute Gasteiger partial charge is 0.146 e. The fraction of sp³-hybridized carbons (Fsp3) is 0.667. The van der Waals surface area contributed by atoms with E-state index in [4.69, 9.17) is 23.7 Å². The first kappa shape index (κ1) is 14.7. The predicted octanol–water partition coefficient (Wildman–Crippen LogP) is 1.23. The summed E-state index contributed by atoms with van der Waals surface area (Å²) in [5.74, 6) is 0.788. The molecule has 6 nitrogen and oxygen atoms in total. The van der Waals surface area contributed by atoms with Crippen LogP contribution in [0.4, 0.5) is 0 Å². The normalized spacial score (nSPS) is 23.1. The molecule has 21 heavy (non-hydrogen) atoms. The molecule has 0 bridgehead atoms. The highest BCUT2D eigenvalue weighted by atomic mass is 16.6. The molecule has 2 saturated heterocycles.